The number of allylic oxidation sites excluding steroid dienone is 2. The average Bonchev–Trinajstić information content (AvgIpc) is 3.71. The van der Waals surface area contributed by atoms with Gasteiger partial charge in [0.1, 0.15) is 0 Å². The first-order valence-electron chi connectivity index (χ1n) is 17.3. The fourth-order valence-electron chi connectivity index (χ4n) is 9.19. The second kappa shape index (κ2) is 12.5. The van der Waals surface area contributed by atoms with E-state index in [1.54, 1.807) is 84.9 Å². The van der Waals surface area contributed by atoms with Crippen molar-refractivity contribution in [2.75, 3.05) is 4.90 Å². The van der Waals surface area contributed by atoms with Crippen LogP contribution in [-0.2, 0) is 25.2 Å². The van der Waals surface area contributed by atoms with Crippen molar-refractivity contribution in [2.45, 2.75) is 10.8 Å². The van der Waals surface area contributed by atoms with Crippen LogP contribution in [0.1, 0.15) is 22.3 Å². The third kappa shape index (κ3) is 4.58. The minimum Gasteiger partial charge on any atom is -0.297 e. The van der Waals surface area contributed by atoms with E-state index in [0.717, 1.165) is 22.3 Å². The minimum atomic E-state index is -1.58. The molecule has 0 unspecified atom stereocenters. The van der Waals surface area contributed by atoms with E-state index in [-0.39, 0.29) is 11.5 Å². The number of non-ortho nitro benzene ring substituents is 1. The molecule has 262 valence electrons. The second-order valence-electron chi connectivity index (χ2n) is 13.8. The molecule has 1 heterocycles. The van der Waals surface area contributed by atoms with Gasteiger partial charge in [-0.25, -0.2) is 4.90 Å². The number of imide groups is 1. The predicted octanol–water partition coefficient (Wildman–Crippen LogP) is 9.76. The highest BCUT2D eigenvalue weighted by Gasteiger charge is 2.82. The molecule has 9 rings (SSSR count). The van der Waals surface area contributed by atoms with Crippen molar-refractivity contribution in [2.24, 2.45) is 11.8 Å². The summed E-state index contributed by atoms with van der Waals surface area (Å²) in [6.45, 7) is 0. The maximum absolute atomic E-state index is 16.1. The van der Waals surface area contributed by atoms with Crippen LogP contribution in [0.3, 0.4) is 0 Å². The number of Topliss-reactive ketones (excluding diaryl/α,β-unsaturated/α-hetero) is 1. The van der Waals surface area contributed by atoms with Crippen molar-refractivity contribution < 1.29 is 19.3 Å². The number of hydrogen-bond donors (Lipinski definition) is 0. The molecule has 1 saturated heterocycles. The van der Waals surface area contributed by atoms with Gasteiger partial charge in [-0.05, 0) is 93.1 Å². The molecular formula is C45H28Cl2N2O5. The van der Waals surface area contributed by atoms with Crippen LogP contribution in [0.15, 0.2) is 158 Å². The van der Waals surface area contributed by atoms with E-state index >= 15 is 14.4 Å². The number of halogens is 2. The first-order chi connectivity index (χ1) is 26.2. The van der Waals surface area contributed by atoms with E-state index in [1.807, 2.05) is 60.7 Å². The van der Waals surface area contributed by atoms with Crippen LogP contribution in [0, 0.1) is 22.0 Å². The van der Waals surface area contributed by atoms with Gasteiger partial charge in [0, 0.05) is 22.2 Å². The summed E-state index contributed by atoms with van der Waals surface area (Å²) in [4.78, 5) is 58.7. The molecule has 0 radical (unpaired) electrons. The monoisotopic (exact) mass is 746 g/mol. The maximum atomic E-state index is 16.1. The van der Waals surface area contributed by atoms with E-state index in [1.165, 1.54) is 17.0 Å². The summed E-state index contributed by atoms with van der Waals surface area (Å²) in [5.41, 5.74) is 2.68. The molecular weight excluding hydrogens is 719 g/mol. The van der Waals surface area contributed by atoms with Gasteiger partial charge in [0.15, 0.2) is 5.78 Å². The number of hydrogen-bond acceptors (Lipinski definition) is 5. The number of rotatable bonds is 7. The zero-order chi connectivity index (χ0) is 37.4. The number of anilines is 1. The molecule has 0 spiro atoms. The van der Waals surface area contributed by atoms with Crippen molar-refractivity contribution in [3.8, 4) is 11.1 Å². The van der Waals surface area contributed by atoms with E-state index in [0.29, 0.717) is 38.0 Å². The van der Waals surface area contributed by atoms with Crippen LogP contribution in [0.2, 0.25) is 10.0 Å². The van der Waals surface area contributed by atoms with Gasteiger partial charge in [0.05, 0.1) is 33.3 Å². The fourth-order valence-corrected chi connectivity index (χ4v) is 9.44. The average molecular weight is 748 g/mol. The third-order valence-corrected chi connectivity index (χ3v) is 11.8. The standard InChI is InChI=1S/C45H28Cl2N2O5/c46-33-19-15-31(16-20-33)44-37(29-7-3-1-4-8-29)38(30-9-5-2-6-10-30)45(43(44)52,32-17-21-34(47)22-18-32)40-39(44)41(50)48(42(40)51)35-23-11-27(12-24-35)28-13-25-36(26-14-28)49(53)54/h1-26,39-40H/t39-,40+,44-,45-/m0/s1. The molecule has 54 heavy (non-hydrogen) atoms. The Bertz CT molecular complexity index is 2410. The summed E-state index contributed by atoms with van der Waals surface area (Å²) in [5, 5.41) is 12.2. The zero-order valence-electron chi connectivity index (χ0n) is 28.4. The Balaban J connectivity index is 1.31. The maximum Gasteiger partial charge on any atom is 0.269 e. The van der Waals surface area contributed by atoms with Gasteiger partial charge in [-0.15, -0.1) is 0 Å². The Hall–Kier alpha value is -6.15. The molecule has 2 bridgehead atoms. The van der Waals surface area contributed by atoms with Gasteiger partial charge < -0.3 is 0 Å². The van der Waals surface area contributed by atoms with Crippen molar-refractivity contribution in [1.82, 2.24) is 0 Å². The third-order valence-electron chi connectivity index (χ3n) is 11.3. The number of benzene rings is 6. The molecule has 6 aromatic rings. The molecule has 1 saturated carbocycles. The highest BCUT2D eigenvalue weighted by molar-refractivity contribution is 6.39. The number of carbonyl (C=O) groups excluding carboxylic acids is 3. The van der Waals surface area contributed by atoms with Gasteiger partial charge in [0.25, 0.3) is 5.69 Å². The van der Waals surface area contributed by atoms with Crippen LogP contribution >= 0.6 is 23.2 Å². The number of nitro benzene ring substituents is 1. The Morgan fingerprint density at radius 1 is 0.500 bits per heavy atom. The topological polar surface area (TPSA) is 97.6 Å². The molecule has 2 fully saturated rings. The number of carbonyl (C=O) groups is 3. The Morgan fingerprint density at radius 3 is 1.28 bits per heavy atom. The molecule has 1 aliphatic heterocycles. The molecule has 6 aromatic carbocycles. The lowest BCUT2D eigenvalue weighted by Gasteiger charge is -2.39. The van der Waals surface area contributed by atoms with Gasteiger partial charge in [-0.3, -0.25) is 24.5 Å². The second-order valence-corrected chi connectivity index (χ2v) is 14.6. The normalized spacial score (nSPS) is 22.9. The lowest BCUT2D eigenvalue weighted by Crippen LogP contribution is -2.45. The van der Waals surface area contributed by atoms with Crippen LogP contribution in [0.25, 0.3) is 22.3 Å². The van der Waals surface area contributed by atoms with Crippen molar-refractivity contribution >= 4 is 63.3 Å². The smallest absolute Gasteiger partial charge is 0.269 e. The van der Waals surface area contributed by atoms with Gasteiger partial charge in [0.2, 0.25) is 11.8 Å². The minimum absolute atomic E-state index is 0.0260. The van der Waals surface area contributed by atoms with E-state index in [4.69, 9.17) is 23.2 Å². The molecule has 9 heteroatoms. The summed E-state index contributed by atoms with van der Waals surface area (Å²) >= 11 is 12.9. The number of fused-ring (bicyclic) bond motifs is 5. The Kier molecular flexibility index (Phi) is 7.78. The number of nitrogens with zero attached hydrogens (tertiary/aromatic N) is 2. The summed E-state index contributed by atoms with van der Waals surface area (Å²) in [6.07, 6.45) is 0. The lowest BCUT2D eigenvalue weighted by atomic mass is 9.59. The number of ketones is 1. The van der Waals surface area contributed by atoms with E-state index in [9.17, 15) is 10.1 Å². The fraction of sp³-hybridized carbons (Fsp3) is 0.0889. The first kappa shape index (κ1) is 33.7. The van der Waals surface area contributed by atoms with Gasteiger partial charge >= 0.3 is 0 Å². The molecule has 7 nitrogen and oxygen atoms in total. The molecule has 3 aliphatic rings. The van der Waals surface area contributed by atoms with Crippen LogP contribution in [0.5, 0.6) is 0 Å². The van der Waals surface area contributed by atoms with Crippen molar-refractivity contribution in [3.63, 3.8) is 0 Å². The van der Waals surface area contributed by atoms with Crippen molar-refractivity contribution in [1.29, 1.82) is 0 Å². The quantitative estimate of drug-likeness (QED) is 0.0921. The highest BCUT2D eigenvalue weighted by atomic mass is 35.5. The molecule has 0 aromatic heterocycles. The van der Waals surface area contributed by atoms with Gasteiger partial charge in [-0.1, -0.05) is 120 Å². The predicted molar refractivity (Wildman–Crippen MR) is 209 cm³/mol. The van der Waals surface area contributed by atoms with Crippen molar-refractivity contribution in [3.05, 3.63) is 200 Å². The van der Waals surface area contributed by atoms with Crippen LogP contribution in [0.4, 0.5) is 11.4 Å². The summed E-state index contributed by atoms with van der Waals surface area (Å²) in [6, 6.07) is 46.4. The summed E-state index contributed by atoms with van der Waals surface area (Å²) in [5.74, 6) is -3.42. The summed E-state index contributed by atoms with van der Waals surface area (Å²) in [7, 11) is 0. The zero-order valence-corrected chi connectivity index (χ0v) is 29.9. The number of nitro groups is 1. The molecule has 2 amide bonds. The molecule has 0 N–H and O–H groups in total. The Morgan fingerprint density at radius 2 is 0.889 bits per heavy atom. The highest BCUT2D eigenvalue weighted by Crippen LogP contribution is 2.74. The van der Waals surface area contributed by atoms with Crippen LogP contribution < -0.4 is 4.90 Å². The summed E-state index contributed by atoms with van der Waals surface area (Å²) < 4.78 is 0. The van der Waals surface area contributed by atoms with Gasteiger partial charge in [-0.2, -0.15) is 0 Å². The van der Waals surface area contributed by atoms with E-state index < -0.39 is 39.4 Å². The SMILES string of the molecule is O=C1[C@@H]2[C@H](C(=O)N1c1ccc(-c3ccc([N+](=O)[O-])cc3)cc1)[C@@]1(c3ccc(Cl)cc3)C(=O)[C@@]2(c2ccc(Cl)cc2)C(c2ccccc2)=C1c1ccccc1. The molecule has 2 aliphatic carbocycles. The largest absolute Gasteiger partial charge is 0.297 e. The molecule has 4 atom stereocenters. The Labute approximate surface area is 320 Å². The first-order valence-corrected chi connectivity index (χ1v) is 18.1. The van der Waals surface area contributed by atoms with Crippen LogP contribution in [-0.4, -0.2) is 22.5 Å². The van der Waals surface area contributed by atoms with E-state index in [2.05, 4.69) is 0 Å². The lowest BCUT2D eigenvalue weighted by molar-refractivity contribution is -0.384. The number of amides is 2.